The van der Waals surface area contributed by atoms with E-state index in [4.69, 9.17) is 27.3 Å². The maximum atomic E-state index is 11.5. The van der Waals surface area contributed by atoms with Crippen molar-refractivity contribution in [3.05, 3.63) is 26.4 Å². The van der Waals surface area contributed by atoms with Gasteiger partial charge in [-0.05, 0) is 24.8 Å². The van der Waals surface area contributed by atoms with Gasteiger partial charge in [-0.3, -0.25) is 0 Å². The van der Waals surface area contributed by atoms with Crippen LogP contribution in [0.25, 0.3) is 5.70 Å². The molecule has 0 fully saturated rings. The van der Waals surface area contributed by atoms with E-state index in [1.807, 2.05) is 12.3 Å². The second kappa shape index (κ2) is 5.71. The Balaban J connectivity index is 3.23. The van der Waals surface area contributed by atoms with Gasteiger partial charge in [-0.2, -0.15) is 5.26 Å². The third-order valence-electron chi connectivity index (χ3n) is 2.00. The predicted octanol–water partition coefficient (Wildman–Crippen LogP) is 2.47. The second-order valence-corrected chi connectivity index (χ2v) is 4.44. The van der Waals surface area contributed by atoms with Gasteiger partial charge >= 0.3 is 5.97 Å². The molecular weight excluding hydrogens is 260 g/mol. The summed E-state index contributed by atoms with van der Waals surface area (Å²) in [4.78, 5) is 12.0. The van der Waals surface area contributed by atoms with E-state index in [-0.39, 0.29) is 17.9 Å². The van der Waals surface area contributed by atoms with Crippen molar-refractivity contribution in [1.82, 2.24) is 0 Å². The molecule has 0 spiro atoms. The van der Waals surface area contributed by atoms with Crippen molar-refractivity contribution in [3.63, 3.8) is 0 Å². The fourth-order valence-electron chi connectivity index (χ4n) is 1.14. The molecule has 0 saturated heterocycles. The highest BCUT2D eigenvalue weighted by Crippen LogP contribution is 2.32. The lowest BCUT2D eigenvalue weighted by atomic mass is 10.2. The van der Waals surface area contributed by atoms with Crippen molar-refractivity contribution in [2.45, 2.75) is 13.8 Å². The molecule has 0 amide bonds. The minimum atomic E-state index is -0.727. The van der Waals surface area contributed by atoms with E-state index < -0.39 is 5.97 Å². The number of carbonyl (C=O) groups excluding carboxylic acids is 1. The number of nitrogens with two attached hydrogens (primary N) is 1. The molecule has 4 nitrogen and oxygen atoms in total. The first-order valence-electron chi connectivity index (χ1n) is 4.83. The van der Waals surface area contributed by atoms with Gasteiger partial charge in [-0.15, -0.1) is 11.3 Å². The van der Waals surface area contributed by atoms with Gasteiger partial charge < -0.3 is 10.5 Å². The molecule has 0 saturated carbocycles. The van der Waals surface area contributed by atoms with Crippen LogP contribution in [0.2, 0.25) is 5.02 Å². The van der Waals surface area contributed by atoms with Crippen molar-refractivity contribution >= 4 is 34.6 Å². The lowest BCUT2D eigenvalue weighted by Crippen LogP contribution is -2.12. The molecule has 0 radical (unpaired) electrons. The second-order valence-electron chi connectivity index (χ2n) is 3.18. The quantitative estimate of drug-likeness (QED) is 0.520. The van der Waals surface area contributed by atoms with Gasteiger partial charge in [-0.25, -0.2) is 4.79 Å². The lowest BCUT2D eigenvalue weighted by Gasteiger charge is -2.04. The Kier molecular flexibility index (Phi) is 4.55. The van der Waals surface area contributed by atoms with Crippen molar-refractivity contribution < 1.29 is 9.53 Å². The number of nitrogens with zero attached hydrogens (tertiary/aromatic N) is 1. The molecule has 0 aliphatic heterocycles. The average molecular weight is 271 g/mol. The van der Waals surface area contributed by atoms with Crippen molar-refractivity contribution in [2.75, 3.05) is 6.61 Å². The van der Waals surface area contributed by atoms with E-state index in [2.05, 4.69) is 0 Å². The van der Waals surface area contributed by atoms with Gasteiger partial charge in [0.25, 0.3) is 0 Å². The van der Waals surface area contributed by atoms with Crippen LogP contribution < -0.4 is 5.73 Å². The molecule has 1 aromatic rings. The van der Waals surface area contributed by atoms with E-state index in [1.54, 1.807) is 13.0 Å². The highest BCUT2D eigenvalue weighted by molar-refractivity contribution is 7.12. The van der Waals surface area contributed by atoms with Gasteiger partial charge in [0.1, 0.15) is 6.07 Å². The number of aryl methyl sites for hydroxylation is 1. The van der Waals surface area contributed by atoms with Gasteiger partial charge in [0.05, 0.1) is 22.2 Å². The highest BCUT2D eigenvalue weighted by Gasteiger charge is 2.19. The monoisotopic (exact) mass is 270 g/mol. The Bertz CT molecular complexity index is 514. The number of thiophene rings is 1. The largest absolute Gasteiger partial charge is 0.462 e. The molecule has 0 unspecified atom stereocenters. The molecule has 1 rings (SSSR count). The number of halogens is 1. The first-order chi connectivity index (χ1) is 8.02. The van der Waals surface area contributed by atoms with Crippen molar-refractivity contribution in [2.24, 2.45) is 5.73 Å². The Morgan fingerprint density at radius 1 is 1.71 bits per heavy atom. The van der Waals surface area contributed by atoms with Crippen LogP contribution in [0.5, 0.6) is 0 Å². The van der Waals surface area contributed by atoms with Crippen LogP contribution in [0.3, 0.4) is 0 Å². The average Bonchev–Trinajstić information content (AvgIpc) is 2.61. The van der Waals surface area contributed by atoms with Crippen LogP contribution in [-0.2, 0) is 9.53 Å². The fourth-order valence-corrected chi connectivity index (χ4v) is 2.40. The predicted molar refractivity (Wildman–Crippen MR) is 67.4 cm³/mol. The van der Waals surface area contributed by atoms with E-state index in [1.165, 1.54) is 11.3 Å². The standard InChI is InChI=1S/C11H11ClN2O2S/c1-3-16-11(15)7(4-13)9(14)10-8(12)6(2)5-17-10/h5H,3,14H2,1-2H3/b9-7-. The summed E-state index contributed by atoms with van der Waals surface area (Å²) >= 11 is 7.31. The number of nitriles is 1. The summed E-state index contributed by atoms with van der Waals surface area (Å²) in [5.74, 6) is -0.727. The number of esters is 1. The van der Waals surface area contributed by atoms with E-state index in [9.17, 15) is 4.79 Å². The van der Waals surface area contributed by atoms with Crippen LogP contribution in [-0.4, -0.2) is 12.6 Å². The summed E-state index contributed by atoms with van der Waals surface area (Å²) in [6.45, 7) is 3.67. The van der Waals surface area contributed by atoms with Crippen molar-refractivity contribution in [3.8, 4) is 6.07 Å². The molecule has 1 heterocycles. The lowest BCUT2D eigenvalue weighted by molar-refractivity contribution is -0.137. The first kappa shape index (κ1) is 13.6. The minimum Gasteiger partial charge on any atom is -0.462 e. The van der Waals surface area contributed by atoms with Gasteiger partial charge in [0, 0.05) is 0 Å². The minimum absolute atomic E-state index is 0.0639. The number of rotatable bonds is 3. The third-order valence-corrected chi connectivity index (χ3v) is 3.73. The molecule has 0 atom stereocenters. The van der Waals surface area contributed by atoms with Crippen LogP contribution in [0.1, 0.15) is 17.4 Å². The number of carbonyl (C=O) groups is 1. The fraction of sp³-hybridized carbons (Fsp3) is 0.273. The summed E-state index contributed by atoms with van der Waals surface area (Å²) in [6.07, 6.45) is 0. The Labute approximate surface area is 108 Å². The SMILES string of the molecule is CCOC(=O)/C(C#N)=C(\N)c1scc(C)c1Cl. The summed E-state index contributed by atoms with van der Waals surface area (Å²) in [5.41, 5.74) is 6.49. The molecule has 0 aliphatic carbocycles. The van der Waals surface area contributed by atoms with E-state index >= 15 is 0 Å². The first-order valence-corrected chi connectivity index (χ1v) is 6.09. The van der Waals surface area contributed by atoms with Gasteiger partial charge in [0.2, 0.25) is 0 Å². The molecule has 0 aliphatic rings. The summed E-state index contributed by atoms with van der Waals surface area (Å²) in [5, 5.41) is 11.2. The molecule has 1 aromatic heterocycles. The molecular formula is C11H11ClN2O2S. The Morgan fingerprint density at radius 3 is 2.76 bits per heavy atom. The zero-order valence-electron chi connectivity index (χ0n) is 9.41. The summed E-state index contributed by atoms with van der Waals surface area (Å²) in [6, 6.07) is 1.75. The molecule has 90 valence electrons. The van der Waals surface area contributed by atoms with Crippen molar-refractivity contribution in [1.29, 1.82) is 5.26 Å². The number of hydrogen-bond acceptors (Lipinski definition) is 5. The van der Waals surface area contributed by atoms with Crippen LogP contribution >= 0.6 is 22.9 Å². The molecule has 2 N–H and O–H groups in total. The maximum Gasteiger partial charge on any atom is 0.351 e. The topological polar surface area (TPSA) is 76.1 Å². The highest BCUT2D eigenvalue weighted by atomic mass is 35.5. The molecule has 0 bridgehead atoms. The summed E-state index contributed by atoms with van der Waals surface area (Å²) < 4.78 is 4.75. The smallest absolute Gasteiger partial charge is 0.351 e. The number of hydrogen-bond donors (Lipinski definition) is 1. The van der Waals surface area contributed by atoms with Gasteiger partial charge in [0.15, 0.2) is 5.57 Å². The zero-order valence-corrected chi connectivity index (χ0v) is 11.0. The zero-order chi connectivity index (χ0) is 13.0. The van der Waals surface area contributed by atoms with Crippen LogP contribution in [0.15, 0.2) is 11.0 Å². The van der Waals surface area contributed by atoms with Crippen LogP contribution in [0.4, 0.5) is 0 Å². The Morgan fingerprint density at radius 2 is 2.35 bits per heavy atom. The van der Waals surface area contributed by atoms with E-state index in [0.29, 0.717) is 9.90 Å². The Hall–Kier alpha value is -1.51. The van der Waals surface area contributed by atoms with Crippen LogP contribution in [0, 0.1) is 18.3 Å². The number of ether oxygens (including phenoxy) is 1. The molecule has 17 heavy (non-hydrogen) atoms. The van der Waals surface area contributed by atoms with Gasteiger partial charge in [-0.1, -0.05) is 11.6 Å². The normalized spacial score (nSPS) is 11.6. The van der Waals surface area contributed by atoms with E-state index in [0.717, 1.165) is 5.56 Å². The molecule has 0 aromatic carbocycles. The third kappa shape index (κ3) is 2.78. The maximum absolute atomic E-state index is 11.5. The summed E-state index contributed by atoms with van der Waals surface area (Å²) in [7, 11) is 0. The molecule has 6 heteroatoms.